The van der Waals surface area contributed by atoms with Crippen molar-refractivity contribution in [1.29, 1.82) is 0 Å². The van der Waals surface area contributed by atoms with Crippen LogP contribution < -0.4 is 0 Å². The average Bonchev–Trinajstić information content (AvgIpc) is 2.24. The molecule has 5 heteroatoms. The van der Waals surface area contributed by atoms with E-state index >= 15 is 0 Å². The lowest BCUT2D eigenvalue weighted by Crippen LogP contribution is -2.53. The molecule has 4 nitrogen and oxygen atoms in total. The molecule has 1 aromatic carbocycles. The number of hydrogen-bond acceptors (Lipinski definition) is 3. The van der Waals surface area contributed by atoms with Gasteiger partial charge in [-0.25, -0.2) is 9.18 Å². The topological polar surface area (TPSA) is 49.8 Å². The number of likely N-dealkylation sites (tertiary alicyclic amines) is 1. The van der Waals surface area contributed by atoms with Crippen LogP contribution in [0.3, 0.4) is 0 Å². The Morgan fingerprint density at radius 1 is 1.40 bits per heavy atom. The highest BCUT2D eigenvalue weighted by Gasteiger charge is 2.38. The predicted octanol–water partition coefficient (Wildman–Crippen LogP) is 2.73. The number of aliphatic hydroxyl groups is 1. The summed E-state index contributed by atoms with van der Waals surface area (Å²) in [5.41, 5.74) is -0.256. The first kappa shape index (κ1) is 14.8. The summed E-state index contributed by atoms with van der Waals surface area (Å²) in [5, 5.41) is 10.1. The Morgan fingerprint density at radius 3 is 2.55 bits per heavy atom. The number of amides is 1. The van der Waals surface area contributed by atoms with E-state index in [0.29, 0.717) is 13.1 Å². The van der Waals surface area contributed by atoms with E-state index in [-0.39, 0.29) is 11.5 Å². The van der Waals surface area contributed by atoms with E-state index in [2.05, 4.69) is 0 Å². The van der Waals surface area contributed by atoms with Gasteiger partial charge in [0.1, 0.15) is 11.4 Å². The maximum atomic E-state index is 13.6. The molecule has 1 atom stereocenters. The highest BCUT2D eigenvalue weighted by Crippen LogP contribution is 2.31. The molecule has 1 aromatic rings. The van der Waals surface area contributed by atoms with Gasteiger partial charge in [0.2, 0.25) is 0 Å². The number of carbonyl (C=O) groups excluding carboxylic acids is 1. The van der Waals surface area contributed by atoms with E-state index in [1.165, 1.54) is 11.0 Å². The first-order chi connectivity index (χ1) is 9.28. The predicted molar refractivity (Wildman–Crippen MR) is 72.7 cm³/mol. The zero-order chi connectivity index (χ0) is 14.9. The molecule has 110 valence electrons. The van der Waals surface area contributed by atoms with E-state index in [9.17, 15) is 14.3 Å². The van der Waals surface area contributed by atoms with Crippen LogP contribution in [0.2, 0.25) is 0 Å². The third-order valence-corrected chi connectivity index (χ3v) is 3.23. The molecule has 1 heterocycles. The zero-order valence-corrected chi connectivity index (χ0v) is 12.0. The summed E-state index contributed by atoms with van der Waals surface area (Å²) in [6.07, 6.45) is -1.29. The number of carbonyl (C=O) groups is 1. The number of hydrogen-bond donors (Lipinski definition) is 1. The van der Waals surface area contributed by atoms with Crippen molar-refractivity contribution in [2.24, 2.45) is 5.92 Å². The second kappa shape index (κ2) is 5.40. The molecular weight excluding hydrogens is 261 g/mol. The lowest BCUT2D eigenvalue weighted by molar-refractivity contribution is -0.0321. The van der Waals surface area contributed by atoms with Crippen molar-refractivity contribution in [3.63, 3.8) is 0 Å². The van der Waals surface area contributed by atoms with Crippen LogP contribution in [-0.4, -0.2) is 34.8 Å². The molecule has 0 radical (unpaired) electrons. The molecule has 1 aliphatic heterocycles. The van der Waals surface area contributed by atoms with Crippen molar-refractivity contribution in [3.8, 4) is 0 Å². The summed E-state index contributed by atoms with van der Waals surface area (Å²) in [6.45, 7) is 6.16. The van der Waals surface area contributed by atoms with E-state index in [0.717, 1.165) is 0 Å². The van der Waals surface area contributed by atoms with Gasteiger partial charge >= 0.3 is 6.09 Å². The Balaban J connectivity index is 1.90. The molecule has 0 bridgehead atoms. The fourth-order valence-corrected chi connectivity index (χ4v) is 2.16. The number of benzene rings is 1. The minimum absolute atomic E-state index is 0.153. The number of rotatable bonds is 2. The van der Waals surface area contributed by atoms with Crippen molar-refractivity contribution < 1.29 is 19.0 Å². The molecule has 1 unspecified atom stereocenters. The molecule has 1 aliphatic rings. The van der Waals surface area contributed by atoms with Gasteiger partial charge in [0.05, 0.1) is 6.10 Å². The number of halogens is 1. The minimum Gasteiger partial charge on any atom is -0.444 e. The second-order valence-electron chi connectivity index (χ2n) is 6.11. The highest BCUT2D eigenvalue weighted by molar-refractivity contribution is 5.69. The van der Waals surface area contributed by atoms with Crippen LogP contribution in [0, 0.1) is 11.7 Å². The lowest BCUT2D eigenvalue weighted by atomic mass is 9.89. The summed E-state index contributed by atoms with van der Waals surface area (Å²) >= 11 is 0. The molecule has 1 amide bonds. The van der Waals surface area contributed by atoms with Crippen LogP contribution >= 0.6 is 0 Å². The zero-order valence-electron chi connectivity index (χ0n) is 12.0. The molecule has 1 fully saturated rings. The van der Waals surface area contributed by atoms with Gasteiger partial charge in [-0.05, 0) is 26.8 Å². The average molecular weight is 281 g/mol. The molecule has 0 aliphatic carbocycles. The minimum atomic E-state index is -0.894. The summed E-state index contributed by atoms with van der Waals surface area (Å²) in [7, 11) is 0. The van der Waals surface area contributed by atoms with Crippen LogP contribution in [0.5, 0.6) is 0 Å². The molecular formula is C15H20FNO3. The Bertz CT molecular complexity index is 492. The smallest absolute Gasteiger partial charge is 0.410 e. The van der Waals surface area contributed by atoms with E-state index in [4.69, 9.17) is 4.74 Å². The molecule has 2 rings (SSSR count). The maximum absolute atomic E-state index is 13.6. The van der Waals surface area contributed by atoms with Gasteiger partial charge in [-0.2, -0.15) is 0 Å². The number of nitrogens with zero attached hydrogens (tertiary/aromatic N) is 1. The van der Waals surface area contributed by atoms with Crippen molar-refractivity contribution >= 4 is 6.09 Å². The van der Waals surface area contributed by atoms with E-state index < -0.39 is 23.6 Å². The van der Waals surface area contributed by atoms with Crippen LogP contribution in [-0.2, 0) is 4.74 Å². The van der Waals surface area contributed by atoms with Crippen molar-refractivity contribution in [1.82, 2.24) is 4.90 Å². The van der Waals surface area contributed by atoms with Crippen molar-refractivity contribution in [3.05, 3.63) is 35.6 Å². The fraction of sp³-hybridized carbons (Fsp3) is 0.533. The van der Waals surface area contributed by atoms with Gasteiger partial charge in [0.15, 0.2) is 0 Å². The third-order valence-electron chi connectivity index (χ3n) is 3.23. The molecule has 1 saturated heterocycles. The second-order valence-corrected chi connectivity index (χ2v) is 6.11. The summed E-state index contributed by atoms with van der Waals surface area (Å²) in [5.74, 6) is -0.574. The van der Waals surface area contributed by atoms with Gasteiger partial charge in [0, 0.05) is 24.6 Å². The van der Waals surface area contributed by atoms with Gasteiger partial charge in [-0.1, -0.05) is 18.2 Å². The first-order valence-electron chi connectivity index (χ1n) is 6.68. The van der Waals surface area contributed by atoms with Crippen LogP contribution in [0.1, 0.15) is 32.4 Å². The quantitative estimate of drug-likeness (QED) is 0.906. The Kier molecular flexibility index (Phi) is 3.99. The van der Waals surface area contributed by atoms with Gasteiger partial charge in [-0.15, -0.1) is 0 Å². The summed E-state index contributed by atoms with van der Waals surface area (Å²) < 4.78 is 18.8. The fourth-order valence-electron chi connectivity index (χ4n) is 2.16. The van der Waals surface area contributed by atoms with Gasteiger partial charge < -0.3 is 14.7 Å². The standard InChI is InChI=1S/C15H20FNO3/c1-15(2,3)20-14(19)17-8-10(9-17)13(18)11-6-4-5-7-12(11)16/h4-7,10,13,18H,8-9H2,1-3H3. The molecule has 0 saturated carbocycles. The Labute approximate surface area is 118 Å². The summed E-state index contributed by atoms with van der Waals surface area (Å²) in [4.78, 5) is 13.3. The van der Waals surface area contributed by atoms with Crippen molar-refractivity contribution in [2.75, 3.05) is 13.1 Å². The Morgan fingerprint density at radius 2 is 2.00 bits per heavy atom. The van der Waals surface area contributed by atoms with Crippen LogP contribution in [0.4, 0.5) is 9.18 Å². The number of ether oxygens (including phenoxy) is 1. The third kappa shape index (κ3) is 3.28. The van der Waals surface area contributed by atoms with Gasteiger partial charge in [-0.3, -0.25) is 0 Å². The van der Waals surface area contributed by atoms with E-state index in [1.54, 1.807) is 39.0 Å². The monoisotopic (exact) mass is 281 g/mol. The van der Waals surface area contributed by atoms with Crippen LogP contribution in [0.15, 0.2) is 24.3 Å². The first-order valence-corrected chi connectivity index (χ1v) is 6.68. The maximum Gasteiger partial charge on any atom is 0.410 e. The molecule has 1 N–H and O–H groups in total. The Hall–Kier alpha value is -1.62. The molecule has 0 spiro atoms. The lowest BCUT2D eigenvalue weighted by Gasteiger charge is -2.42. The summed E-state index contributed by atoms with van der Waals surface area (Å²) in [6, 6.07) is 6.16. The SMILES string of the molecule is CC(C)(C)OC(=O)N1CC(C(O)c2ccccc2F)C1. The highest BCUT2D eigenvalue weighted by atomic mass is 19.1. The number of aliphatic hydroxyl groups excluding tert-OH is 1. The largest absolute Gasteiger partial charge is 0.444 e. The normalized spacial score (nSPS) is 17.6. The molecule has 20 heavy (non-hydrogen) atoms. The van der Waals surface area contributed by atoms with Crippen LogP contribution in [0.25, 0.3) is 0 Å². The van der Waals surface area contributed by atoms with E-state index in [1.807, 2.05) is 0 Å². The molecule has 0 aromatic heterocycles. The van der Waals surface area contributed by atoms with Gasteiger partial charge in [0.25, 0.3) is 0 Å². The van der Waals surface area contributed by atoms with Crippen molar-refractivity contribution in [2.45, 2.75) is 32.5 Å².